The van der Waals surface area contributed by atoms with Gasteiger partial charge in [0.1, 0.15) is 11.9 Å². The van der Waals surface area contributed by atoms with Gasteiger partial charge in [-0.3, -0.25) is 0 Å². The van der Waals surface area contributed by atoms with E-state index in [-0.39, 0.29) is 19.0 Å². The fraction of sp³-hybridized carbons (Fsp3) is 0.381. The summed E-state index contributed by atoms with van der Waals surface area (Å²) in [6.45, 7) is 2.38. The van der Waals surface area contributed by atoms with Gasteiger partial charge in [-0.1, -0.05) is 18.2 Å². The summed E-state index contributed by atoms with van der Waals surface area (Å²) in [7, 11) is 2.16. The molecule has 3 aromatic rings. The number of likely N-dealkylation sites (tertiary alicyclic amines) is 1. The molecule has 0 radical (unpaired) electrons. The van der Waals surface area contributed by atoms with Crippen molar-refractivity contribution in [2.24, 2.45) is 0 Å². The summed E-state index contributed by atoms with van der Waals surface area (Å²) in [4.78, 5) is 10.6. The van der Waals surface area contributed by atoms with Gasteiger partial charge >= 0.3 is 0 Å². The average molecular weight is 365 g/mol. The first-order chi connectivity index (χ1) is 13.3. The molecule has 0 aliphatic carbocycles. The number of nitrogens with one attached hydrogen (secondary N) is 1. The van der Waals surface area contributed by atoms with E-state index in [0.29, 0.717) is 0 Å². The topological polar surface area (TPSA) is 59.6 Å². The monoisotopic (exact) mass is 365 g/mol. The van der Waals surface area contributed by atoms with Crippen LogP contribution in [0.5, 0.6) is 11.5 Å². The molecule has 6 heteroatoms. The molecule has 1 atom stereocenters. The number of ether oxygens (including phenoxy) is 3. The Balaban J connectivity index is 1.50. The molecule has 1 saturated heterocycles. The van der Waals surface area contributed by atoms with Crippen molar-refractivity contribution in [3.05, 3.63) is 53.9 Å². The van der Waals surface area contributed by atoms with Crippen LogP contribution in [0, 0.1) is 0 Å². The standard InChI is InChI=1S/C21H23N3O3/c1-24-10-8-15(9-11-24)27-20(14-6-7-18-19(12-14)26-13-25-18)21-22-16-4-2-3-5-17(16)23-21/h2-7,12,15,20H,8-11,13H2,1H3,(H,22,23). The van der Waals surface area contributed by atoms with E-state index in [4.69, 9.17) is 19.2 Å². The van der Waals surface area contributed by atoms with Crippen LogP contribution in [0.25, 0.3) is 11.0 Å². The Hall–Kier alpha value is -2.57. The zero-order chi connectivity index (χ0) is 18.2. The van der Waals surface area contributed by atoms with E-state index < -0.39 is 0 Å². The van der Waals surface area contributed by atoms with Crippen molar-refractivity contribution in [2.75, 3.05) is 26.9 Å². The molecule has 1 aromatic heterocycles. The van der Waals surface area contributed by atoms with Gasteiger partial charge in [-0.15, -0.1) is 0 Å². The molecular formula is C21H23N3O3. The molecule has 0 saturated carbocycles. The van der Waals surface area contributed by atoms with Gasteiger partial charge in [0.2, 0.25) is 6.79 Å². The largest absolute Gasteiger partial charge is 0.454 e. The van der Waals surface area contributed by atoms with Crippen LogP contribution in [0.4, 0.5) is 0 Å². The Morgan fingerprint density at radius 1 is 1.11 bits per heavy atom. The quantitative estimate of drug-likeness (QED) is 0.767. The van der Waals surface area contributed by atoms with Gasteiger partial charge in [0.05, 0.1) is 17.1 Å². The van der Waals surface area contributed by atoms with Gasteiger partial charge in [0, 0.05) is 13.1 Å². The smallest absolute Gasteiger partial charge is 0.231 e. The zero-order valence-corrected chi connectivity index (χ0v) is 15.4. The minimum absolute atomic E-state index is 0.213. The van der Waals surface area contributed by atoms with Crippen molar-refractivity contribution in [3.63, 3.8) is 0 Å². The maximum absolute atomic E-state index is 6.58. The summed E-state index contributed by atoms with van der Waals surface area (Å²) < 4.78 is 17.6. The third-order valence-electron chi connectivity index (χ3n) is 5.35. The predicted molar refractivity (Wildman–Crippen MR) is 102 cm³/mol. The van der Waals surface area contributed by atoms with Gasteiger partial charge < -0.3 is 24.1 Å². The van der Waals surface area contributed by atoms with E-state index in [1.54, 1.807) is 0 Å². The Morgan fingerprint density at radius 3 is 2.78 bits per heavy atom. The van der Waals surface area contributed by atoms with Crippen molar-refractivity contribution >= 4 is 11.0 Å². The molecule has 1 unspecified atom stereocenters. The molecule has 3 heterocycles. The molecule has 6 nitrogen and oxygen atoms in total. The second-order valence-electron chi connectivity index (χ2n) is 7.27. The molecule has 2 aromatic carbocycles. The SMILES string of the molecule is CN1CCC(OC(c2ccc3c(c2)OCO3)c2nc3ccccc3[nH]2)CC1. The second kappa shape index (κ2) is 6.87. The number of rotatable bonds is 4. The zero-order valence-electron chi connectivity index (χ0n) is 15.4. The molecule has 0 spiro atoms. The fourth-order valence-corrected chi connectivity index (χ4v) is 3.79. The summed E-state index contributed by atoms with van der Waals surface area (Å²) in [5, 5.41) is 0. The van der Waals surface area contributed by atoms with Crippen LogP contribution in [-0.4, -0.2) is 47.9 Å². The number of aromatic nitrogens is 2. The number of imidazole rings is 1. The van der Waals surface area contributed by atoms with Crippen molar-refractivity contribution in [1.82, 2.24) is 14.9 Å². The van der Waals surface area contributed by atoms with Gasteiger partial charge in [-0.2, -0.15) is 0 Å². The van der Waals surface area contributed by atoms with Gasteiger partial charge in [-0.25, -0.2) is 4.98 Å². The highest BCUT2D eigenvalue weighted by Crippen LogP contribution is 2.37. The minimum atomic E-state index is -0.264. The highest BCUT2D eigenvalue weighted by molar-refractivity contribution is 5.75. The number of nitrogens with zero attached hydrogens (tertiary/aromatic N) is 2. The third kappa shape index (κ3) is 3.26. The van der Waals surface area contributed by atoms with Crippen LogP contribution in [0.1, 0.15) is 30.3 Å². The number of para-hydroxylation sites is 2. The lowest BCUT2D eigenvalue weighted by molar-refractivity contribution is -0.0264. The number of hydrogen-bond acceptors (Lipinski definition) is 5. The molecule has 140 valence electrons. The summed E-state index contributed by atoms with van der Waals surface area (Å²) in [5.74, 6) is 2.37. The first-order valence-electron chi connectivity index (χ1n) is 9.44. The second-order valence-corrected chi connectivity index (χ2v) is 7.27. The van der Waals surface area contributed by atoms with Crippen molar-refractivity contribution < 1.29 is 14.2 Å². The van der Waals surface area contributed by atoms with Crippen LogP contribution < -0.4 is 9.47 Å². The van der Waals surface area contributed by atoms with Crippen molar-refractivity contribution in [2.45, 2.75) is 25.0 Å². The summed E-state index contributed by atoms with van der Waals surface area (Å²) in [5.41, 5.74) is 2.99. The Labute approximate surface area is 158 Å². The lowest BCUT2D eigenvalue weighted by atomic mass is 10.1. The minimum Gasteiger partial charge on any atom is -0.454 e. The Morgan fingerprint density at radius 2 is 1.93 bits per heavy atom. The molecule has 27 heavy (non-hydrogen) atoms. The van der Waals surface area contributed by atoms with Crippen LogP contribution in [0.15, 0.2) is 42.5 Å². The molecule has 2 aliphatic rings. The van der Waals surface area contributed by atoms with E-state index in [9.17, 15) is 0 Å². The van der Waals surface area contributed by atoms with Gasteiger partial charge in [0.15, 0.2) is 11.5 Å². The van der Waals surface area contributed by atoms with E-state index in [1.807, 2.05) is 42.5 Å². The number of piperidine rings is 1. The van der Waals surface area contributed by atoms with Crippen LogP contribution >= 0.6 is 0 Å². The molecule has 1 fully saturated rings. The van der Waals surface area contributed by atoms with Crippen molar-refractivity contribution in [3.8, 4) is 11.5 Å². The first-order valence-corrected chi connectivity index (χ1v) is 9.44. The first kappa shape index (κ1) is 16.6. The van der Waals surface area contributed by atoms with Crippen LogP contribution in [0.3, 0.4) is 0 Å². The van der Waals surface area contributed by atoms with Crippen LogP contribution in [-0.2, 0) is 4.74 Å². The molecule has 1 N–H and O–H groups in total. The fourth-order valence-electron chi connectivity index (χ4n) is 3.79. The van der Waals surface area contributed by atoms with Crippen LogP contribution in [0.2, 0.25) is 0 Å². The molecule has 2 aliphatic heterocycles. The number of H-pyrrole nitrogens is 1. The number of benzene rings is 2. The summed E-state index contributed by atoms with van der Waals surface area (Å²) in [6.07, 6.45) is 2.00. The molecule has 0 bridgehead atoms. The van der Waals surface area contributed by atoms with E-state index >= 15 is 0 Å². The number of aromatic amines is 1. The third-order valence-corrected chi connectivity index (χ3v) is 5.35. The average Bonchev–Trinajstić information content (AvgIpc) is 3.33. The van der Waals surface area contributed by atoms with Gasteiger partial charge in [-0.05, 0) is 49.7 Å². The van der Waals surface area contributed by atoms with E-state index in [1.165, 1.54) is 0 Å². The maximum Gasteiger partial charge on any atom is 0.231 e. The molecule has 5 rings (SSSR count). The summed E-state index contributed by atoms with van der Waals surface area (Å²) >= 11 is 0. The highest BCUT2D eigenvalue weighted by atomic mass is 16.7. The lowest BCUT2D eigenvalue weighted by Crippen LogP contribution is -2.35. The maximum atomic E-state index is 6.58. The number of fused-ring (bicyclic) bond motifs is 2. The van der Waals surface area contributed by atoms with Gasteiger partial charge in [0.25, 0.3) is 0 Å². The molecule has 0 amide bonds. The van der Waals surface area contributed by atoms with E-state index in [2.05, 4.69) is 16.9 Å². The molecular weight excluding hydrogens is 342 g/mol. The number of hydrogen-bond donors (Lipinski definition) is 1. The summed E-state index contributed by atoms with van der Waals surface area (Å²) in [6, 6.07) is 14.1. The lowest BCUT2D eigenvalue weighted by Gasteiger charge is -2.31. The Bertz CT molecular complexity index is 914. The Kier molecular flexibility index (Phi) is 4.22. The van der Waals surface area contributed by atoms with E-state index in [0.717, 1.165) is 59.9 Å². The highest BCUT2D eigenvalue weighted by Gasteiger charge is 2.27. The predicted octanol–water partition coefficient (Wildman–Crippen LogP) is 3.49. The van der Waals surface area contributed by atoms with Crippen molar-refractivity contribution in [1.29, 1.82) is 0 Å². The normalized spacial score (nSPS) is 18.9.